The fraction of sp³-hybridized carbons (Fsp3) is 0.556. The average Bonchev–Trinajstić information content (AvgIpc) is 2.53. The van der Waals surface area contributed by atoms with Crippen LogP contribution in [0, 0.1) is 5.92 Å². The first kappa shape index (κ1) is 19.5. The quantitative estimate of drug-likeness (QED) is 0.786. The van der Waals surface area contributed by atoms with Crippen LogP contribution in [0.4, 0.5) is 0 Å². The van der Waals surface area contributed by atoms with Gasteiger partial charge >= 0.3 is 0 Å². The molecule has 0 saturated heterocycles. The molecule has 5 heteroatoms. The standard InChI is InChI=1S/C18H27ClN2O2/c1-5-16(18(23)20-11-13(3)4)21(17(22)6-2)12-14-9-7-8-10-15(14)19/h7-10,13,16H,5-6,11-12H2,1-4H3,(H,20,23)/t16-/m1/s1. The van der Waals surface area contributed by atoms with Gasteiger partial charge in [-0.1, -0.05) is 57.5 Å². The first-order valence-corrected chi connectivity index (χ1v) is 8.59. The van der Waals surface area contributed by atoms with Gasteiger partial charge in [-0.2, -0.15) is 0 Å². The molecular weight excluding hydrogens is 312 g/mol. The molecule has 0 unspecified atom stereocenters. The van der Waals surface area contributed by atoms with Gasteiger partial charge in [-0.25, -0.2) is 0 Å². The highest BCUT2D eigenvalue weighted by Gasteiger charge is 2.28. The van der Waals surface area contributed by atoms with E-state index in [9.17, 15) is 9.59 Å². The lowest BCUT2D eigenvalue weighted by atomic mass is 10.1. The van der Waals surface area contributed by atoms with Crippen molar-refractivity contribution in [3.05, 3.63) is 34.9 Å². The summed E-state index contributed by atoms with van der Waals surface area (Å²) in [6.45, 7) is 8.76. The predicted octanol–water partition coefficient (Wildman–Crippen LogP) is 3.63. The van der Waals surface area contributed by atoms with Crippen LogP contribution in [-0.4, -0.2) is 29.3 Å². The van der Waals surface area contributed by atoms with Gasteiger partial charge in [0.15, 0.2) is 0 Å². The summed E-state index contributed by atoms with van der Waals surface area (Å²) >= 11 is 6.21. The van der Waals surface area contributed by atoms with Gasteiger partial charge in [0.2, 0.25) is 11.8 Å². The average molecular weight is 339 g/mol. The maximum atomic E-state index is 12.5. The van der Waals surface area contributed by atoms with Crippen molar-refractivity contribution in [3.8, 4) is 0 Å². The van der Waals surface area contributed by atoms with E-state index in [2.05, 4.69) is 5.32 Å². The third kappa shape index (κ3) is 5.87. The Morgan fingerprint density at radius 3 is 2.39 bits per heavy atom. The molecule has 1 aromatic rings. The first-order valence-electron chi connectivity index (χ1n) is 8.21. The molecule has 0 aliphatic heterocycles. The number of nitrogens with zero attached hydrogens (tertiary/aromatic N) is 1. The summed E-state index contributed by atoms with van der Waals surface area (Å²) in [6.07, 6.45) is 0.929. The SMILES string of the molecule is CCC(=O)N(Cc1ccccc1Cl)[C@H](CC)C(=O)NCC(C)C. The molecule has 1 atom stereocenters. The van der Waals surface area contributed by atoms with Gasteiger partial charge in [-0.05, 0) is 24.0 Å². The lowest BCUT2D eigenvalue weighted by Gasteiger charge is -2.30. The minimum Gasteiger partial charge on any atom is -0.354 e. The van der Waals surface area contributed by atoms with E-state index in [1.807, 2.05) is 39.0 Å². The largest absolute Gasteiger partial charge is 0.354 e. The van der Waals surface area contributed by atoms with Gasteiger partial charge in [0.05, 0.1) is 0 Å². The summed E-state index contributed by atoms with van der Waals surface area (Å²) in [5.41, 5.74) is 0.853. The molecule has 0 aromatic heterocycles. The number of hydrogen-bond acceptors (Lipinski definition) is 2. The molecule has 1 aromatic carbocycles. The van der Waals surface area contributed by atoms with Crippen LogP contribution in [0.1, 0.15) is 46.1 Å². The van der Waals surface area contributed by atoms with Gasteiger partial charge in [0, 0.05) is 24.5 Å². The van der Waals surface area contributed by atoms with Crippen molar-refractivity contribution >= 4 is 23.4 Å². The van der Waals surface area contributed by atoms with E-state index >= 15 is 0 Å². The fourth-order valence-electron chi connectivity index (χ4n) is 2.36. The number of carbonyl (C=O) groups is 2. The number of benzene rings is 1. The normalized spacial score (nSPS) is 12.1. The Labute approximate surface area is 144 Å². The molecule has 23 heavy (non-hydrogen) atoms. The van der Waals surface area contributed by atoms with Crippen LogP contribution in [-0.2, 0) is 16.1 Å². The molecule has 1 N–H and O–H groups in total. The Hall–Kier alpha value is -1.55. The van der Waals surface area contributed by atoms with E-state index in [-0.39, 0.29) is 11.8 Å². The summed E-state index contributed by atoms with van der Waals surface area (Å²) in [4.78, 5) is 26.5. The van der Waals surface area contributed by atoms with E-state index < -0.39 is 6.04 Å². The Bertz CT molecular complexity index is 532. The summed E-state index contributed by atoms with van der Waals surface area (Å²) in [5, 5.41) is 3.54. The van der Waals surface area contributed by atoms with Gasteiger partial charge < -0.3 is 10.2 Å². The van der Waals surface area contributed by atoms with E-state index in [4.69, 9.17) is 11.6 Å². The predicted molar refractivity (Wildman–Crippen MR) is 94.2 cm³/mol. The minimum absolute atomic E-state index is 0.0449. The maximum absolute atomic E-state index is 12.5. The van der Waals surface area contributed by atoms with Crippen LogP contribution in [0.25, 0.3) is 0 Å². The van der Waals surface area contributed by atoms with Crippen LogP contribution < -0.4 is 5.32 Å². The minimum atomic E-state index is -0.475. The molecule has 4 nitrogen and oxygen atoms in total. The topological polar surface area (TPSA) is 49.4 Å². The maximum Gasteiger partial charge on any atom is 0.242 e. The molecule has 2 amide bonds. The molecule has 128 valence electrons. The number of nitrogens with one attached hydrogen (secondary N) is 1. The van der Waals surface area contributed by atoms with Crippen LogP contribution in [0.5, 0.6) is 0 Å². The van der Waals surface area contributed by atoms with Crippen molar-refractivity contribution in [2.75, 3.05) is 6.54 Å². The van der Waals surface area contributed by atoms with Crippen LogP contribution in [0.15, 0.2) is 24.3 Å². The molecule has 0 aliphatic rings. The van der Waals surface area contributed by atoms with Crippen molar-refractivity contribution in [1.29, 1.82) is 0 Å². The zero-order chi connectivity index (χ0) is 17.4. The monoisotopic (exact) mass is 338 g/mol. The Balaban J connectivity index is 2.96. The molecule has 0 radical (unpaired) electrons. The summed E-state index contributed by atoms with van der Waals surface area (Å²) < 4.78 is 0. The fourth-order valence-corrected chi connectivity index (χ4v) is 2.55. The number of carbonyl (C=O) groups excluding carboxylic acids is 2. The van der Waals surface area contributed by atoms with Crippen molar-refractivity contribution in [3.63, 3.8) is 0 Å². The number of halogens is 1. The van der Waals surface area contributed by atoms with Gasteiger partial charge in [-0.3, -0.25) is 9.59 Å². The molecule has 0 bridgehead atoms. The summed E-state index contributed by atoms with van der Waals surface area (Å²) in [5.74, 6) is 0.224. The number of hydrogen-bond donors (Lipinski definition) is 1. The highest BCUT2D eigenvalue weighted by molar-refractivity contribution is 6.31. The Morgan fingerprint density at radius 2 is 1.87 bits per heavy atom. The van der Waals surface area contributed by atoms with Gasteiger partial charge in [0.1, 0.15) is 6.04 Å². The van der Waals surface area contributed by atoms with Crippen molar-refractivity contribution in [1.82, 2.24) is 10.2 Å². The smallest absolute Gasteiger partial charge is 0.242 e. The molecule has 1 rings (SSSR count). The molecule has 0 heterocycles. The molecule has 0 aliphatic carbocycles. The van der Waals surface area contributed by atoms with E-state index in [0.717, 1.165) is 5.56 Å². The molecule has 0 fully saturated rings. The number of amides is 2. The zero-order valence-electron chi connectivity index (χ0n) is 14.4. The van der Waals surface area contributed by atoms with Crippen LogP contribution in [0.2, 0.25) is 5.02 Å². The second-order valence-electron chi connectivity index (χ2n) is 6.03. The highest BCUT2D eigenvalue weighted by atomic mass is 35.5. The van der Waals surface area contributed by atoms with Crippen molar-refractivity contribution < 1.29 is 9.59 Å². The lowest BCUT2D eigenvalue weighted by molar-refractivity contribution is -0.141. The Morgan fingerprint density at radius 1 is 1.22 bits per heavy atom. The summed E-state index contributed by atoms with van der Waals surface area (Å²) in [6, 6.07) is 6.94. The number of rotatable bonds is 8. The second kappa shape index (κ2) is 9.56. The van der Waals surface area contributed by atoms with E-state index in [0.29, 0.717) is 36.9 Å². The van der Waals surface area contributed by atoms with Gasteiger partial charge in [0.25, 0.3) is 0 Å². The van der Waals surface area contributed by atoms with E-state index in [1.165, 1.54) is 0 Å². The zero-order valence-corrected chi connectivity index (χ0v) is 15.2. The first-order chi connectivity index (χ1) is 10.9. The van der Waals surface area contributed by atoms with Gasteiger partial charge in [-0.15, -0.1) is 0 Å². The lowest BCUT2D eigenvalue weighted by Crippen LogP contribution is -2.49. The Kier molecular flexibility index (Phi) is 8.10. The molecule has 0 spiro atoms. The third-order valence-corrected chi connectivity index (χ3v) is 4.04. The second-order valence-corrected chi connectivity index (χ2v) is 6.44. The van der Waals surface area contributed by atoms with Crippen LogP contribution >= 0.6 is 11.6 Å². The molecular formula is C18H27ClN2O2. The third-order valence-electron chi connectivity index (χ3n) is 3.67. The van der Waals surface area contributed by atoms with Crippen LogP contribution in [0.3, 0.4) is 0 Å². The molecule has 0 saturated carbocycles. The van der Waals surface area contributed by atoms with Crippen molar-refractivity contribution in [2.24, 2.45) is 5.92 Å². The summed E-state index contributed by atoms with van der Waals surface area (Å²) in [7, 11) is 0. The highest BCUT2D eigenvalue weighted by Crippen LogP contribution is 2.20. The van der Waals surface area contributed by atoms with Crippen molar-refractivity contribution in [2.45, 2.75) is 53.1 Å². The van der Waals surface area contributed by atoms with E-state index in [1.54, 1.807) is 17.9 Å².